The molecule has 0 spiro atoms. The Morgan fingerprint density at radius 3 is 2.56 bits per heavy atom. The molecule has 2 aromatic rings. The molecular weight excluding hydrogens is 318 g/mol. The lowest BCUT2D eigenvalue weighted by Gasteiger charge is -2.19. The predicted molar refractivity (Wildman–Crippen MR) is 100 cm³/mol. The van der Waals surface area contributed by atoms with Crippen LogP contribution < -0.4 is 21.7 Å². The van der Waals surface area contributed by atoms with Crippen molar-refractivity contribution in [2.24, 2.45) is 16.5 Å². The maximum absolute atomic E-state index is 12.5. The smallest absolute Gasteiger partial charge is 0.258 e. The van der Waals surface area contributed by atoms with Crippen molar-refractivity contribution in [1.82, 2.24) is 0 Å². The molecule has 130 valence electrons. The number of hydrogen-bond acceptors (Lipinski definition) is 4. The zero-order valence-corrected chi connectivity index (χ0v) is 14.0. The minimum Gasteiger partial charge on any atom is -0.390 e. The molecule has 0 saturated carbocycles. The summed E-state index contributed by atoms with van der Waals surface area (Å²) in [6, 6.07) is 14.3. The van der Waals surface area contributed by atoms with Gasteiger partial charge in [-0.1, -0.05) is 18.2 Å². The zero-order chi connectivity index (χ0) is 18.2. The van der Waals surface area contributed by atoms with Crippen LogP contribution in [0.15, 0.2) is 53.5 Å². The molecule has 0 saturated heterocycles. The van der Waals surface area contributed by atoms with Crippen LogP contribution in [0.4, 0.5) is 17.1 Å². The second-order valence-corrected chi connectivity index (χ2v) is 5.35. The highest BCUT2D eigenvalue weighted by Crippen LogP contribution is 2.30. The van der Waals surface area contributed by atoms with E-state index < -0.39 is 0 Å². The molecule has 0 atom stereocenters. The number of nitrogens with one attached hydrogen (secondary N) is 1. The van der Waals surface area contributed by atoms with Gasteiger partial charge in [-0.25, -0.2) is 4.99 Å². The van der Waals surface area contributed by atoms with E-state index >= 15 is 0 Å². The van der Waals surface area contributed by atoms with Crippen molar-refractivity contribution in [3.8, 4) is 0 Å². The van der Waals surface area contributed by atoms with Crippen molar-refractivity contribution in [3.05, 3.63) is 54.1 Å². The Bertz CT molecular complexity index is 774. The number of hydrogen-bond donors (Lipinski definition) is 3. The molecule has 0 aliphatic carbocycles. The lowest BCUT2D eigenvalue weighted by atomic mass is 10.1. The molecule has 0 aliphatic heterocycles. The van der Waals surface area contributed by atoms with Crippen LogP contribution in [0.5, 0.6) is 0 Å². The monoisotopic (exact) mass is 339 g/mol. The van der Waals surface area contributed by atoms with E-state index in [4.69, 9.17) is 11.5 Å². The van der Waals surface area contributed by atoms with Crippen LogP contribution in [0.1, 0.15) is 16.8 Å². The van der Waals surface area contributed by atoms with Gasteiger partial charge in [-0.2, -0.15) is 0 Å². The van der Waals surface area contributed by atoms with Crippen LogP contribution >= 0.6 is 0 Å². The first-order valence-corrected chi connectivity index (χ1v) is 7.76. The quantitative estimate of drug-likeness (QED) is 0.528. The van der Waals surface area contributed by atoms with Crippen LogP contribution in [0.3, 0.4) is 0 Å². The third kappa shape index (κ3) is 4.81. The number of aliphatic imine (C=N–C) groups is 1. The molecule has 25 heavy (non-hydrogen) atoms. The summed E-state index contributed by atoms with van der Waals surface area (Å²) in [5, 5.41) is 3.08. The largest absolute Gasteiger partial charge is 0.390 e. The van der Waals surface area contributed by atoms with Gasteiger partial charge in [0.1, 0.15) is 0 Å². The standard InChI is InChI=1S/C18H21N5O2/c1-23(18(25)13-5-3-2-4-6-13)14-7-8-15(16(11-14)22-12-19)21-10-9-17(20)24/h2-8,11-12,21H,9-10H2,1H3,(H2,19,22)(H2,20,24). The molecule has 2 amide bonds. The first kappa shape index (κ1) is 18.0. The topological polar surface area (TPSA) is 114 Å². The predicted octanol–water partition coefficient (Wildman–Crippen LogP) is 1.87. The van der Waals surface area contributed by atoms with Gasteiger partial charge in [0.25, 0.3) is 5.91 Å². The third-order valence-electron chi connectivity index (χ3n) is 3.59. The molecule has 0 unspecified atom stereocenters. The van der Waals surface area contributed by atoms with Crippen molar-refractivity contribution in [2.45, 2.75) is 6.42 Å². The van der Waals surface area contributed by atoms with E-state index in [1.807, 2.05) is 18.2 Å². The second-order valence-electron chi connectivity index (χ2n) is 5.35. The summed E-state index contributed by atoms with van der Waals surface area (Å²) in [7, 11) is 1.70. The van der Waals surface area contributed by atoms with Crippen molar-refractivity contribution in [1.29, 1.82) is 0 Å². The molecule has 2 aromatic carbocycles. The van der Waals surface area contributed by atoms with E-state index in [-0.39, 0.29) is 18.2 Å². The maximum Gasteiger partial charge on any atom is 0.258 e. The fraction of sp³-hybridized carbons (Fsp3) is 0.167. The highest BCUT2D eigenvalue weighted by atomic mass is 16.2. The van der Waals surface area contributed by atoms with Crippen LogP contribution in [0.25, 0.3) is 0 Å². The number of primary amides is 1. The summed E-state index contributed by atoms with van der Waals surface area (Å²) in [6.45, 7) is 0.389. The van der Waals surface area contributed by atoms with E-state index in [0.29, 0.717) is 29.2 Å². The Morgan fingerprint density at radius 2 is 1.92 bits per heavy atom. The minimum absolute atomic E-state index is 0.127. The maximum atomic E-state index is 12.5. The number of carbonyl (C=O) groups excluding carboxylic acids is 2. The number of benzene rings is 2. The third-order valence-corrected chi connectivity index (χ3v) is 3.59. The van der Waals surface area contributed by atoms with Gasteiger partial charge >= 0.3 is 0 Å². The van der Waals surface area contributed by atoms with Crippen molar-refractivity contribution >= 4 is 35.2 Å². The summed E-state index contributed by atoms with van der Waals surface area (Å²) in [5.74, 6) is -0.515. The van der Waals surface area contributed by atoms with E-state index in [2.05, 4.69) is 10.3 Å². The Balaban J connectivity index is 2.22. The lowest BCUT2D eigenvalue weighted by Crippen LogP contribution is -2.26. The lowest BCUT2D eigenvalue weighted by molar-refractivity contribution is -0.117. The number of amides is 2. The Morgan fingerprint density at radius 1 is 1.20 bits per heavy atom. The highest BCUT2D eigenvalue weighted by Gasteiger charge is 2.14. The zero-order valence-electron chi connectivity index (χ0n) is 14.0. The molecule has 0 fully saturated rings. The van der Waals surface area contributed by atoms with Gasteiger partial charge in [-0.15, -0.1) is 0 Å². The van der Waals surface area contributed by atoms with Crippen LogP contribution in [0.2, 0.25) is 0 Å². The SMILES string of the molecule is CN(C(=O)c1ccccc1)c1ccc(NCCC(N)=O)c(N=CN)c1. The fourth-order valence-electron chi connectivity index (χ4n) is 2.28. The van der Waals surface area contributed by atoms with Gasteiger partial charge < -0.3 is 21.7 Å². The summed E-state index contributed by atoms with van der Waals surface area (Å²) < 4.78 is 0. The second kappa shape index (κ2) is 8.49. The number of rotatable bonds is 7. The molecule has 7 heteroatoms. The van der Waals surface area contributed by atoms with E-state index in [1.165, 1.54) is 11.2 Å². The van der Waals surface area contributed by atoms with Gasteiger partial charge in [0.05, 0.1) is 17.7 Å². The molecule has 7 nitrogen and oxygen atoms in total. The average molecular weight is 339 g/mol. The van der Waals surface area contributed by atoms with E-state index in [1.54, 1.807) is 37.4 Å². The molecular formula is C18H21N5O2. The van der Waals surface area contributed by atoms with E-state index in [0.717, 1.165) is 0 Å². The Labute approximate surface area is 146 Å². The fourth-order valence-corrected chi connectivity index (χ4v) is 2.28. The van der Waals surface area contributed by atoms with Crippen molar-refractivity contribution in [2.75, 3.05) is 23.8 Å². The first-order valence-electron chi connectivity index (χ1n) is 7.76. The summed E-state index contributed by atoms with van der Waals surface area (Å²) >= 11 is 0. The van der Waals surface area contributed by atoms with Crippen molar-refractivity contribution < 1.29 is 9.59 Å². The highest BCUT2D eigenvalue weighted by molar-refractivity contribution is 6.06. The normalized spacial score (nSPS) is 10.6. The summed E-state index contributed by atoms with van der Waals surface area (Å²) in [5.41, 5.74) is 13.1. The van der Waals surface area contributed by atoms with Gasteiger partial charge in [0.15, 0.2) is 0 Å². The number of nitrogens with two attached hydrogens (primary N) is 2. The van der Waals surface area contributed by atoms with Crippen molar-refractivity contribution in [3.63, 3.8) is 0 Å². The first-order chi connectivity index (χ1) is 12.0. The number of nitrogens with zero attached hydrogens (tertiary/aromatic N) is 2. The Hall–Kier alpha value is -3.35. The van der Waals surface area contributed by atoms with Gasteiger partial charge in [-0.3, -0.25) is 9.59 Å². The molecule has 0 heterocycles. The minimum atomic E-state index is -0.388. The van der Waals surface area contributed by atoms with E-state index in [9.17, 15) is 9.59 Å². The molecule has 2 rings (SSSR count). The summed E-state index contributed by atoms with van der Waals surface area (Å²) in [6.07, 6.45) is 1.39. The molecule has 0 aromatic heterocycles. The number of anilines is 2. The molecule has 0 radical (unpaired) electrons. The molecule has 0 bridgehead atoms. The summed E-state index contributed by atoms with van der Waals surface area (Å²) in [4.78, 5) is 29.0. The average Bonchev–Trinajstić information content (AvgIpc) is 2.62. The number of carbonyl (C=O) groups is 2. The van der Waals surface area contributed by atoms with Gasteiger partial charge in [-0.05, 0) is 30.3 Å². The van der Waals surface area contributed by atoms with Gasteiger partial charge in [0.2, 0.25) is 5.91 Å². The molecule has 5 N–H and O–H groups in total. The van der Waals surface area contributed by atoms with Crippen LogP contribution in [0, 0.1) is 0 Å². The van der Waals surface area contributed by atoms with Crippen LogP contribution in [-0.4, -0.2) is 31.7 Å². The van der Waals surface area contributed by atoms with Gasteiger partial charge in [0, 0.05) is 31.3 Å². The Kier molecular flexibility index (Phi) is 6.11. The van der Waals surface area contributed by atoms with Crippen LogP contribution in [-0.2, 0) is 4.79 Å². The molecule has 0 aliphatic rings.